The van der Waals surface area contributed by atoms with Crippen LogP contribution in [-0.4, -0.2) is 22.6 Å². The van der Waals surface area contributed by atoms with Gasteiger partial charge in [-0.15, -0.1) is 0 Å². The molecule has 0 radical (unpaired) electrons. The van der Waals surface area contributed by atoms with Crippen LogP contribution in [0.5, 0.6) is 0 Å². The predicted molar refractivity (Wildman–Crippen MR) is 66.3 cm³/mol. The maximum absolute atomic E-state index is 10.6. The second-order valence-electron chi connectivity index (χ2n) is 3.71. The average molecular weight is 227 g/mol. The van der Waals surface area contributed by atoms with E-state index in [2.05, 4.69) is 27.4 Å². The summed E-state index contributed by atoms with van der Waals surface area (Å²) >= 11 is 0. The van der Waals surface area contributed by atoms with Gasteiger partial charge in [0.25, 0.3) is 0 Å². The molecule has 0 aliphatic carbocycles. The summed E-state index contributed by atoms with van der Waals surface area (Å²) in [6.45, 7) is 2.09. The number of carbonyl (C=O) groups is 1. The predicted octanol–water partition coefficient (Wildman–Crippen LogP) is 1.44. The van der Waals surface area contributed by atoms with Crippen LogP contribution in [0.25, 0.3) is 10.9 Å². The molecule has 0 aliphatic heterocycles. The number of aromatic nitrogens is 2. The molecule has 1 heterocycles. The van der Waals surface area contributed by atoms with Crippen molar-refractivity contribution < 1.29 is 4.79 Å². The van der Waals surface area contributed by atoms with Crippen molar-refractivity contribution in [1.82, 2.24) is 15.5 Å². The molecule has 0 spiro atoms. The van der Waals surface area contributed by atoms with Gasteiger partial charge in [-0.1, -0.05) is 11.8 Å². The Morgan fingerprint density at radius 3 is 3.24 bits per heavy atom. The fourth-order valence-electron chi connectivity index (χ4n) is 1.49. The number of H-pyrrole nitrogens is 1. The molecule has 1 amide bonds. The molecule has 0 atom stereocenters. The van der Waals surface area contributed by atoms with Crippen LogP contribution >= 0.6 is 0 Å². The molecular formula is C13H13N3O. The number of hydrogen-bond donors (Lipinski definition) is 2. The first-order chi connectivity index (χ1) is 8.25. The van der Waals surface area contributed by atoms with E-state index in [4.69, 9.17) is 0 Å². The second kappa shape index (κ2) is 5.17. The number of fused-ring (bicyclic) bond motifs is 1. The van der Waals surface area contributed by atoms with E-state index in [0.29, 0.717) is 13.0 Å². The molecule has 0 bridgehead atoms. The number of nitrogens with zero attached hydrogens (tertiary/aromatic N) is 1. The molecule has 2 N–H and O–H groups in total. The average Bonchev–Trinajstić information content (AvgIpc) is 2.75. The van der Waals surface area contributed by atoms with Gasteiger partial charge in [0.05, 0.1) is 11.7 Å². The van der Waals surface area contributed by atoms with Crippen LogP contribution in [0.1, 0.15) is 18.9 Å². The molecule has 0 fully saturated rings. The van der Waals surface area contributed by atoms with E-state index in [0.717, 1.165) is 16.5 Å². The number of carbonyl (C=O) groups excluding carboxylic acids is 1. The molecule has 2 aromatic rings. The molecule has 2 rings (SSSR count). The van der Waals surface area contributed by atoms with Gasteiger partial charge >= 0.3 is 0 Å². The van der Waals surface area contributed by atoms with Crippen molar-refractivity contribution in [3.8, 4) is 11.8 Å². The van der Waals surface area contributed by atoms with Crippen molar-refractivity contribution in [1.29, 1.82) is 0 Å². The van der Waals surface area contributed by atoms with E-state index >= 15 is 0 Å². The lowest BCUT2D eigenvalue weighted by molar-refractivity contribution is -0.118. The monoisotopic (exact) mass is 227 g/mol. The highest BCUT2D eigenvalue weighted by Gasteiger charge is 1.94. The first kappa shape index (κ1) is 11.2. The largest absolute Gasteiger partial charge is 0.355 e. The maximum Gasteiger partial charge on any atom is 0.216 e. The van der Waals surface area contributed by atoms with E-state index in [1.165, 1.54) is 6.92 Å². The summed E-state index contributed by atoms with van der Waals surface area (Å²) in [4.78, 5) is 10.6. The highest BCUT2D eigenvalue weighted by molar-refractivity contribution is 5.79. The Balaban J connectivity index is 1.98. The van der Waals surface area contributed by atoms with Crippen LogP contribution in [0, 0.1) is 11.8 Å². The van der Waals surface area contributed by atoms with E-state index in [9.17, 15) is 4.79 Å². The highest BCUT2D eigenvalue weighted by Crippen LogP contribution is 2.11. The van der Waals surface area contributed by atoms with E-state index in [1.54, 1.807) is 6.20 Å². The fourth-order valence-corrected chi connectivity index (χ4v) is 1.49. The Bertz CT molecular complexity index is 589. The zero-order valence-electron chi connectivity index (χ0n) is 9.58. The molecule has 17 heavy (non-hydrogen) atoms. The van der Waals surface area contributed by atoms with Gasteiger partial charge in [-0.2, -0.15) is 5.10 Å². The number of nitrogens with one attached hydrogen (secondary N) is 2. The number of hydrogen-bond acceptors (Lipinski definition) is 2. The standard InChI is InChI=1S/C13H13N3O/c1-10(17)14-7-3-2-4-11-5-6-13-12(8-11)9-15-16-13/h5-6,8-9H,3,7H2,1H3,(H,14,17)(H,15,16). The first-order valence-corrected chi connectivity index (χ1v) is 5.42. The van der Waals surface area contributed by atoms with Gasteiger partial charge in [0.1, 0.15) is 0 Å². The lowest BCUT2D eigenvalue weighted by Crippen LogP contribution is -2.20. The normalized spacial score (nSPS) is 9.71. The van der Waals surface area contributed by atoms with Gasteiger partial charge in [0.2, 0.25) is 5.91 Å². The van der Waals surface area contributed by atoms with Gasteiger partial charge in [-0.05, 0) is 18.2 Å². The van der Waals surface area contributed by atoms with Gasteiger partial charge < -0.3 is 5.32 Å². The third-order valence-corrected chi connectivity index (χ3v) is 2.30. The number of benzene rings is 1. The molecule has 0 saturated carbocycles. The van der Waals surface area contributed by atoms with Crippen molar-refractivity contribution in [2.45, 2.75) is 13.3 Å². The summed E-state index contributed by atoms with van der Waals surface area (Å²) in [6.07, 6.45) is 2.43. The van der Waals surface area contributed by atoms with Crippen molar-refractivity contribution >= 4 is 16.8 Å². The Hall–Kier alpha value is -2.28. The molecule has 0 unspecified atom stereocenters. The minimum absolute atomic E-state index is 0.0217. The third kappa shape index (κ3) is 3.08. The van der Waals surface area contributed by atoms with E-state index < -0.39 is 0 Å². The number of amides is 1. The molecule has 86 valence electrons. The lowest BCUT2D eigenvalue weighted by atomic mass is 10.1. The van der Waals surface area contributed by atoms with Gasteiger partial charge in [0.15, 0.2) is 0 Å². The lowest BCUT2D eigenvalue weighted by Gasteiger charge is -1.95. The van der Waals surface area contributed by atoms with Crippen LogP contribution < -0.4 is 5.32 Å². The quantitative estimate of drug-likeness (QED) is 0.602. The first-order valence-electron chi connectivity index (χ1n) is 5.42. The minimum atomic E-state index is -0.0217. The van der Waals surface area contributed by atoms with Gasteiger partial charge in [-0.3, -0.25) is 9.89 Å². The van der Waals surface area contributed by atoms with Crippen LogP contribution in [-0.2, 0) is 4.79 Å². The van der Waals surface area contributed by atoms with Crippen LogP contribution in [0.3, 0.4) is 0 Å². The van der Waals surface area contributed by atoms with Crippen LogP contribution in [0.15, 0.2) is 24.4 Å². The van der Waals surface area contributed by atoms with E-state index in [1.807, 2.05) is 18.2 Å². The summed E-state index contributed by atoms with van der Waals surface area (Å²) in [5.74, 6) is 6.05. The number of aromatic amines is 1. The second-order valence-corrected chi connectivity index (χ2v) is 3.71. The van der Waals surface area contributed by atoms with Crippen molar-refractivity contribution in [3.63, 3.8) is 0 Å². The van der Waals surface area contributed by atoms with Crippen molar-refractivity contribution in [2.24, 2.45) is 0 Å². The van der Waals surface area contributed by atoms with Crippen LogP contribution in [0.4, 0.5) is 0 Å². The van der Waals surface area contributed by atoms with Crippen molar-refractivity contribution in [2.75, 3.05) is 6.54 Å². The highest BCUT2D eigenvalue weighted by atomic mass is 16.1. The summed E-state index contributed by atoms with van der Waals surface area (Å²) in [6, 6.07) is 5.90. The Morgan fingerprint density at radius 2 is 2.41 bits per heavy atom. The van der Waals surface area contributed by atoms with Crippen molar-refractivity contribution in [3.05, 3.63) is 30.0 Å². The minimum Gasteiger partial charge on any atom is -0.355 e. The maximum atomic E-state index is 10.6. The summed E-state index contributed by atoms with van der Waals surface area (Å²) in [7, 11) is 0. The Kier molecular flexibility index (Phi) is 3.41. The smallest absolute Gasteiger partial charge is 0.216 e. The van der Waals surface area contributed by atoms with Crippen LogP contribution in [0.2, 0.25) is 0 Å². The molecule has 4 nitrogen and oxygen atoms in total. The molecule has 1 aromatic heterocycles. The SMILES string of the molecule is CC(=O)NCCC#Cc1ccc2[nH]ncc2c1. The van der Waals surface area contributed by atoms with Gasteiger partial charge in [0, 0.05) is 30.8 Å². The zero-order chi connectivity index (χ0) is 12.1. The summed E-state index contributed by atoms with van der Waals surface area (Å²) < 4.78 is 0. The molecule has 0 saturated heterocycles. The molecule has 1 aromatic carbocycles. The molecular weight excluding hydrogens is 214 g/mol. The Morgan fingerprint density at radius 1 is 1.53 bits per heavy atom. The molecule has 4 heteroatoms. The summed E-state index contributed by atoms with van der Waals surface area (Å²) in [5.41, 5.74) is 1.97. The molecule has 0 aliphatic rings. The number of rotatable bonds is 2. The summed E-state index contributed by atoms with van der Waals surface area (Å²) in [5, 5.41) is 10.6. The third-order valence-electron chi connectivity index (χ3n) is 2.30. The zero-order valence-corrected chi connectivity index (χ0v) is 9.58. The fraction of sp³-hybridized carbons (Fsp3) is 0.231. The Labute approximate surface area is 99.4 Å². The topological polar surface area (TPSA) is 57.8 Å². The van der Waals surface area contributed by atoms with E-state index in [-0.39, 0.29) is 5.91 Å². The van der Waals surface area contributed by atoms with Gasteiger partial charge in [-0.25, -0.2) is 0 Å².